The molecule has 1 fully saturated rings. The van der Waals surface area contributed by atoms with Crippen LogP contribution in [-0.4, -0.2) is 25.3 Å². The fourth-order valence-electron chi connectivity index (χ4n) is 3.24. The van der Waals surface area contributed by atoms with Crippen LogP contribution >= 0.6 is 0 Å². The van der Waals surface area contributed by atoms with Gasteiger partial charge in [-0.15, -0.1) is 0 Å². The fourth-order valence-corrected chi connectivity index (χ4v) is 3.24. The Kier molecular flexibility index (Phi) is 6.50. The predicted molar refractivity (Wildman–Crippen MR) is 74.4 cm³/mol. The summed E-state index contributed by atoms with van der Waals surface area (Å²) in [7, 11) is 1.87. The molecule has 0 aromatic heterocycles. The van der Waals surface area contributed by atoms with Crippen LogP contribution in [0.25, 0.3) is 0 Å². The standard InChI is InChI=1S/C15H31NO/c1-5-15(3,17-4)14(16-6-2)13-11-9-7-8-10-12-13/h13-14,16H,5-12H2,1-4H3. The van der Waals surface area contributed by atoms with E-state index in [0.717, 1.165) is 18.9 Å². The minimum Gasteiger partial charge on any atom is -0.377 e. The van der Waals surface area contributed by atoms with Crippen molar-refractivity contribution in [3.05, 3.63) is 0 Å². The molecule has 0 radical (unpaired) electrons. The Morgan fingerprint density at radius 3 is 2.18 bits per heavy atom. The minimum atomic E-state index is -0.00891. The molecule has 1 aliphatic carbocycles. The van der Waals surface area contributed by atoms with Crippen LogP contribution in [0.3, 0.4) is 0 Å². The number of hydrogen-bond acceptors (Lipinski definition) is 2. The zero-order chi connectivity index (χ0) is 12.7. The lowest BCUT2D eigenvalue weighted by atomic mass is 9.80. The Hall–Kier alpha value is -0.0800. The van der Waals surface area contributed by atoms with Crippen LogP contribution in [0, 0.1) is 5.92 Å². The summed E-state index contributed by atoms with van der Waals surface area (Å²) >= 11 is 0. The third-order valence-corrected chi connectivity index (χ3v) is 4.62. The summed E-state index contributed by atoms with van der Waals surface area (Å²) in [4.78, 5) is 0. The highest BCUT2D eigenvalue weighted by molar-refractivity contribution is 4.93. The summed E-state index contributed by atoms with van der Waals surface area (Å²) in [6, 6.07) is 0.514. The van der Waals surface area contributed by atoms with Crippen molar-refractivity contribution in [2.75, 3.05) is 13.7 Å². The minimum absolute atomic E-state index is 0.00891. The first-order valence-corrected chi connectivity index (χ1v) is 7.46. The topological polar surface area (TPSA) is 21.3 Å². The summed E-state index contributed by atoms with van der Waals surface area (Å²) in [6.07, 6.45) is 9.47. The molecule has 2 unspecified atom stereocenters. The molecular weight excluding hydrogens is 210 g/mol. The van der Waals surface area contributed by atoms with Crippen molar-refractivity contribution in [1.82, 2.24) is 5.32 Å². The molecule has 2 atom stereocenters. The van der Waals surface area contributed by atoms with Crippen LogP contribution < -0.4 is 5.32 Å². The van der Waals surface area contributed by atoms with Crippen molar-refractivity contribution >= 4 is 0 Å². The molecule has 2 nitrogen and oxygen atoms in total. The molecule has 1 aliphatic rings. The Bertz CT molecular complexity index is 193. The zero-order valence-corrected chi connectivity index (χ0v) is 12.2. The van der Waals surface area contributed by atoms with Crippen molar-refractivity contribution in [3.8, 4) is 0 Å². The second-order valence-electron chi connectivity index (χ2n) is 5.66. The van der Waals surface area contributed by atoms with Gasteiger partial charge in [0.05, 0.1) is 5.60 Å². The number of hydrogen-bond donors (Lipinski definition) is 1. The molecule has 0 aliphatic heterocycles. The fraction of sp³-hybridized carbons (Fsp3) is 1.00. The van der Waals surface area contributed by atoms with Crippen LogP contribution in [0.15, 0.2) is 0 Å². The van der Waals surface area contributed by atoms with Gasteiger partial charge in [0.15, 0.2) is 0 Å². The van der Waals surface area contributed by atoms with Gasteiger partial charge in [-0.1, -0.05) is 39.5 Å². The SMILES string of the molecule is CCNC(C1CCCCCC1)C(C)(CC)OC. The molecule has 1 N–H and O–H groups in total. The highest BCUT2D eigenvalue weighted by Crippen LogP contribution is 2.33. The Morgan fingerprint density at radius 1 is 1.18 bits per heavy atom. The van der Waals surface area contributed by atoms with Gasteiger partial charge in [-0.3, -0.25) is 0 Å². The molecule has 0 spiro atoms. The summed E-state index contributed by atoms with van der Waals surface area (Å²) in [6.45, 7) is 7.76. The Balaban J connectivity index is 2.74. The van der Waals surface area contributed by atoms with Gasteiger partial charge in [0.1, 0.15) is 0 Å². The van der Waals surface area contributed by atoms with Crippen LogP contribution in [0.2, 0.25) is 0 Å². The largest absolute Gasteiger partial charge is 0.377 e. The quantitative estimate of drug-likeness (QED) is 0.715. The maximum Gasteiger partial charge on any atom is 0.0803 e. The van der Waals surface area contributed by atoms with E-state index >= 15 is 0 Å². The van der Waals surface area contributed by atoms with Gasteiger partial charge in [-0.2, -0.15) is 0 Å². The highest BCUT2D eigenvalue weighted by Gasteiger charge is 2.37. The van der Waals surface area contributed by atoms with Crippen LogP contribution in [-0.2, 0) is 4.74 Å². The third-order valence-electron chi connectivity index (χ3n) is 4.62. The molecule has 2 heteroatoms. The van der Waals surface area contributed by atoms with E-state index in [4.69, 9.17) is 4.74 Å². The normalized spacial score (nSPS) is 24.0. The first-order chi connectivity index (χ1) is 8.18. The molecule has 0 amide bonds. The van der Waals surface area contributed by atoms with Gasteiger partial charge in [0.25, 0.3) is 0 Å². The second-order valence-corrected chi connectivity index (χ2v) is 5.66. The monoisotopic (exact) mass is 241 g/mol. The van der Waals surface area contributed by atoms with Crippen LogP contribution in [0.5, 0.6) is 0 Å². The predicted octanol–water partition coefficient (Wildman–Crippen LogP) is 3.75. The van der Waals surface area contributed by atoms with Crippen LogP contribution in [0.4, 0.5) is 0 Å². The average molecular weight is 241 g/mol. The summed E-state index contributed by atoms with van der Waals surface area (Å²) in [5.41, 5.74) is -0.00891. The van der Waals surface area contributed by atoms with Gasteiger partial charge >= 0.3 is 0 Å². The molecule has 1 saturated carbocycles. The number of likely N-dealkylation sites (N-methyl/N-ethyl adjacent to an activating group) is 1. The molecule has 17 heavy (non-hydrogen) atoms. The van der Waals surface area contributed by atoms with E-state index in [9.17, 15) is 0 Å². The highest BCUT2D eigenvalue weighted by atomic mass is 16.5. The lowest BCUT2D eigenvalue weighted by molar-refractivity contribution is -0.0470. The van der Waals surface area contributed by atoms with Gasteiger partial charge in [-0.05, 0) is 38.6 Å². The maximum absolute atomic E-state index is 5.83. The molecule has 0 heterocycles. The number of rotatable bonds is 6. The number of ether oxygens (including phenoxy) is 1. The molecule has 1 rings (SSSR count). The molecule has 0 aromatic carbocycles. The van der Waals surface area contributed by atoms with Crippen molar-refractivity contribution in [1.29, 1.82) is 0 Å². The lowest BCUT2D eigenvalue weighted by Crippen LogP contribution is -2.53. The number of methoxy groups -OCH3 is 1. The average Bonchev–Trinajstić information content (AvgIpc) is 2.63. The van der Waals surface area contributed by atoms with Gasteiger partial charge in [0, 0.05) is 13.2 Å². The van der Waals surface area contributed by atoms with E-state index < -0.39 is 0 Å². The van der Waals surface area contributed by atoms with Crippen LogP contribution in [0.1, 0.15) is 65.7 Å². The zero-order valence-electron chi connectivity index (χ0n) is 12.2. The Labute approximate surface area is 108 Å². The number of nitrogens with one attached hydrogen (secondary N) is 1. The summed E-state index contributed by atoms with van der Waals surface area (Å²) < 4.78 is 5.83. The molecule has 0 saturated heterocycles. The summed E-state index contributed by atoms with van der Waals surface area (Å²) in [5.74, 6) is 0.794. The molecule has 0 bridgehead atoms. The van der Waals surface area contributed by atoms with Crippen molar-refractivity contribution < 1.29 is 4.74 Å². The lowest BCUT2D eigenvalue weighted by Gasteiger charge is -2.41. The van der Waals surface area contributed by atoms with E-state index in [1.807, 2.05) is 7.11 Å². The summed E-state index contributed by atoms with van der Waals surface area (Å²) in [5, 5.41) is 3.70. The van der Waals surface area contributed by atoms with Crippen molar-refractivity contribution in [2.45, 2.75) is 77.4 Å². The van der Waals surface area contributed by atoms with Gasteiger partial charge < -0.3 is 10.1 Å². The van der Waals surface area contributed by atoms with Crippen molar-refractivity contribution in [3.63, 3.8) is 0 Å². The third kappa shape index (κ3) is 3.96. The van der Waals surface area contributed by atoms with E-state index in [-0.39, 0.29) is 5.60 Å². The van der Waals surface area contributed by atoms with E-state index in [2.05, 4.69) is 26.1 Å². The Morgan fingerprint density at radius 2 is 1.76 bits per heavy atom. The second kappa shape index (κ2) is 7.38. The first kappa shape index (κ1) is 15.0. The van der Waals surface area contributed by atoms with E-state index in [1.165, 1.54) is 38.5 Å². The molecular formula is C15H31NO. The van der Waals surface area contributed by atoms with Gasteiger partial charge in [-0.25, -0.2) is 0 Å². The first-order valence-electron chi connectivity index (χ1n) is 7.46. The van der Waals surface area contributed by atoms with E-state index in [0.29, 0.717) is 6.04 Å². The maximum atomic E-state index is 5.83. The van der Waals surface area contributed by atoms with Gasteiger partial charge in [0.2, 0.25) is 0 Å². The molecule has 102 valence electrons. The smallest absolute Gasteiger partial charge is 0.0803 e. The van der Waals surface area contributed by atoms with E-state index in [1.54, 1.807) is 0 Å². The van der Waals surface area contributed by atoms with Crippen molar-refractivity contribution in [2.24, 2.45) is 5.92 Å². The molecule has 0 aromatic rings.